The molecule has 0 aliphatic rings. The molecule has 1 aromatic heterocycles. The zero-order chi connectivity index (χ0) is 10.1. The van der Waals surface area contributed by atoms with Crippen LogP contribution in [0.25, 0.3) is 10.9 Å². The van der Waals surface area contributed by atoms with Crippen molar-refractivity contribution in [2.45, 2.75) is 19.4 Å². The number of H-pyrrole nitrogens is 1. The molecule has 0 saturated carbocycles. The van der Waals surface area contributed by atoms with Crippen LogP contribution >= 0.6 is 11.6 Å². The van der Waals surface area contributed by atoms with Gasteiger partial charge in [0.2, 0.25) is 0 Å². The van der Waals surface area contributed by atoms with Gasteiger partial charge in [-0.05, 0) is 30.7 Å². The van der Waals surface area contributed by atoms with Gasteiger partial charge in [-0.15, -0.1) is 0 Å². The number of aromatic nitrogens is 1. The Morgan fingerprint density at radius 1 is 1.50 bits per heavy atom. The van der Waals surface area contributed by atoms with Gasteiger partial charge in [0.1, 0.15) is 0 Å². The summed E-state index contributed by atoms with van der Waals surface area (Å²) in [6, 6.07) is 6.34. The largest absolute Gasteiger partial charge is 0.361 e. The van der Waals surface area contributed by atoms with Gasteiger partial charge in [0.05, 0.1) is 6.04 Å². The summed E-state index contributed by atoms with van der Waals surface area (Å²) in [5.74, 6) is 0. The number of fused-ring (bicyclic) bond motifs is 1. The van der Waals surface area contributed by atoms with Crippen LogP contribution in [-0.4, -0.2) is 11.0 Å². The summed E-state index contributed by atoms with van der Waals surface area (Å²) in [6.07, 6.45) is 3.03. The second-order valence-corrected chi connectivity index (χ2v) is 4.25. The number of aromatic amines is 1. The van der Waals surface area contributed by atoms with Gasteiger partial charge < -0.3 is 10.7 Å². The summed E-state index contributed by atoms with van der Waals surface area (Å²) in [5.41, 5.74) is 6.44. The van der Waals surface area contributed by atoms with E-state index in [2.05, 4.69) is 17.6 Å². The van der Waals surface area contributed by atoms with E-state index in [1.165, 1.54) is 10.9 Å². The van der Waals surface area contributed by atoms with Gasteiger partial charge in [-0.3, -0.25) is 0 Å². The third-order valence-electron chi connectivity index (χ3n) is 2.30. The molecule has 0 amide bonds. The smallest absolute Gasteiger partial charge is 0.0856 e. The van der Waals surface area contributed by atoms with E-state index in [4.69, 9.17) is 11.6 Å². The minimum Gasteiger partial charge on any atom is -0.361 e. The molecule has 14 heavy (non-hydrogen) atoms. The van der Waals surface area contributed by atoms with Crippen LogP contribution in [0.1, 0.15) is 12.5 Å². The lowest BCUT2D eigenvalue weighted by Gasteiger charge is -2.00. The summed E-state index contributed by atoms with van der Waals surface area (Å²) in [6.45, 7) is 2.11. The van der Waals surface area contributed by atoms with Crippen molar-refractivity contribution in [3.05, 3.63) is 35.0 Å². The Morgan fingerprint density at radius 2 is 2.29 bits per heavy atom. The first-order valence-corrected chi connectivity index (χ1v) is 5.13. The number of halogens is 1. The van der Waals surface area contributed by atoms with Gasteiger partial charge in [-0.1, -0.05) is 11.6 Å². The molecule has 0 unspecified atom stereocenters. The highest BCUT2D eigenvalue weighted by Crippen LogP contribution is 2.22. The lowest BCUT2D eigenvalue weighted by atomic mass is 10.1. The molecule has 0 spiro atoms. The lowest BCUT2D eigenvalue weighted by Crippen LogP contribution is -2.60. The molecule has 0 saturated heterocycles. The molecule has 2 nitrogen and oxygen atoms in total. The first-order valence-electron chi connectivity index (χ1n) is 4.75. The molecular formula is C11H14ClN2+. The number of nitrogens with one attached hydrogen (secondary N) is 1. The van der Waals surface area contributed by atoms with E-state index in [-0.39, 0.29) is 0 Å². The maximum absolute atomic E-state index is 5.95. The minimum absolute atomic E-state index is 0.424. The maximum atomic E-state index is 5.95. The van der Waals surface area contributed by atoms with Crippen LogP contribution in [0.4, 0.5) is 0 Å². The van der Waals surface area contributed by atoms with Gasteiger partial charge in [0.25, 0.3) is 0 Å². The van der Waals surface area contributed by atoms with Crippen molar-refractivity contribution in [2.75, 3.05) is 0 Å². The lowest BCUT2D eigenvalue weighted by molar-refractivity contribution is -0.413. The fourth-order valence-electron chi connectivity index (χ4n) is 1.69. The molecule has 0 fully saturated rings. The van der Waals surface area contributed by atoms with Gasteiger partial charge >= 0.3 is 0 Å². The molecule has 1 aromatic carbocycles. The molecular weight excluding hydrogens is 196 g/mol. The highest BCUT2D eigenvalue weighted by molar-refractivity contribution is 6.31. The van der Waals surface area contributed by atoms with Crippen molar-refractivity contribution in [1.82, 2.24) is 4.98 Å². The van der Waals surface area contributed by atoms with Crippen molar-refractivity contribution in [2.24, 2.45) is 0 Å². The van der Waals surface area contributed by atoms with Crippen molar-refractivity contribution in [3.63, 3.8) is 0 Å². The van der Waals surface area contributed by atoms with Crippen molar-refractivity contribution >= 4 is 22.5 Å². The van der Waals surface area contributed by atoms with Crippen LogP contribution in [0.2, 0.25) is 5.02 Å². The van der Waals surface area contributed by atoms with Crippen LogP contribution < -0.4 is 5.73 Å². The molecule has 3 heteroatoms. The molecule has 2 rings (SSSR count). The summed E-state index contributed by atoms with van der Waals surface area (Å²) in [7, 11) is 0. The highest BCUT2D eigenvalue weighted by atomic mass is 35.5. The van der Waals surface area contributed by atoms with Crippen molar-refractivity contribution < 1.29 is 5.73 Å². The van der Waals surface area contributed by atoms with E-state index >= 15 is 0 Å². The summed E-state index contributed by atoms with van der Waals surface area (Å²) in [4.78, 5) is 3.23. The van der Waals surface area contributed by atoms with E-state index in [1.807, 2.05) is 24.4 Å². The third kappa shape index (κ3) is 1.76. The number of quaternary nitrogens is 1. The van der Waals surface area contributed by atoms with Gasteiger partial charge in [0, 0.05) is 28.5 Å². The van der Waals surface area contributed by atoms with Crippen LogP contribution in [0.5, 0.6) is 0 Å². The second-order valence-electron chi connectivity index (χ2n) is 3.81. The number of hydrogen-bond donors (Lipinski definition) is 2. The normalized spacial score (nSPS) is 13.4. The Hall–Kier alpha value is -0.990. The Morgan fingerprint density at radius 3 is 3.00 bits per heavy atom. The number of rotatable bonds is 2. The van der Waals surface area contributed by atoms with Crippen LogP contribution in [0.3, 0.4) is 0 Å². The molecule has 0 aliphatic heterocycles. The van der Waals surface area contributed by atoms with E-state index < -0.39 is 0 Å². The second kappa shape index (κ2) is 3.64. The van der Waals surface area contributed by atoms with Crippen LogP contribution in [0.15, 0.2) is 24.4 Å². The van der Waals surface area contributed by atoms with Gasteiger partial charge in [0.15, 0.2) is 0 Å². The van der Waals surface area contributed by atoms with Crippen molar-refractivity contribution in [3.8, 4) is 0 Å². The van der Waals surface area contributed by atoms with E-state index in [0.29, 0.717) is 6.04 Å². The van der Waals surface area contributed by atoms with Crippen molar-refractivity contribution in [1.29, 1.82) is 0 Å². The first-order chi connectivity index (χ1) is 6.66. The summed E-state index contributed by atoms with van der Waals surface area (Å²) < 4.78 is 0. The fraction of sp³-hybridized carbons (Fsp3) is 0.273. The minimum atomic E-state index is 0.424. The Kier molecular flexibility index (Phi) is 2.48. The Balaban J connectivity index is 2.50. The molecule has 0 aliphatic carbocycles. The predicted molar refractivity (Wildman–Crippen MR) is 59.4 cm³/mol. The maximum Gasteiger partial charge on any atom is 0.0856 e. The highest BCUT2D eigenvalue weighted by Gasteiger charge is 2.07. The van der Waals surface area contributed by atoms with E-state index in [0.717, 1.165) is 17.0 Å². The van der Waals surface area contributed by atoms with Gasteiger partial charge in [-0.25, -0.2) is 0 Å². The SMILES string of the molecule is C[C@@H]([NH3+])Cc1c[nH]c2ccc(Cl)cc12. The summed E-state index contributed by atoms with van der Waals surface area (Å²) >= 11 is 5.95. The monoisotopic (exact) mass is 209 g/mol. The molecule has 1 heterocycles. The number of hydrogen-bond acceptors (Lipinski definition) is 0. The molecule has 4 N–H and O–H groups in total. The Labute approximate surface area is 88.1 Å². The Bertz CT molecular complexity index is 445. The average molecular weight is 210 g/mol. The molecule has 0 bridgehead atoms. The number of benzene rings is 1. The third-order valence-corrected chi connectivity index (χ3v) is 2.53. The fourth-order valence-corrected chi connectivity index (χ4v) is 1.87. The summed E-state index contributed by atoms with van der Waals surface area (Å²) in [5, 5.41) is 2.00. The molecule has 0 radical (unpaired) electrons. The first kappa shape index (κ1) is 9.56. The predicted octanol–water partition coefficient (Wildman–Crippen LogP) is 1.99. The van der Waals surface area contributed by atoms with Gasteiger partial charge in [-0.2, -0.15) is 0 Å². The average Bonchev–Trinajstić information content (AvgIpc) is 2.47. The zero-order valence-corrected chi connectivity index (χ0v) is 8.93. The molecule has 74 valence electrons. The topological polar surface area (TPSA) is 43.4 Å². The van der Waals surface area contributed by atoms with Crippen LogP contribution in [0, 0.1) is 0 Å². The van der Waals surface area contributed by atoms with E-state index in [1.54, 1.807) is 0 Å². The van der Waals surface area contributed by atoms with Crippen LogP contribution in [-0.2, 0) is 6.42 Å². The molecule has 1 atom stereocenters. The molecule has 2 aromatic rings. The zero-order valence-electron chi connectivity index (χ0n) is 8.18. The van der Waals surface area contributed by atoms with E-state index in [9.17, 15) is 0 Å². The quantitative estimate of drug-likeness (QED) is 0.760. The standard InChI is InChI=1S/C11H13ClN2/c1-7(13)4-8-6-14-11-3-2-9(12)5-10(8)11/h2-3,5-7,14H,4,13H2,1H3/p+1/t7-/m1/s1.